The summed E-state index contributed by atoms with van der Waals surface area (Å²) >= 11 is 0. The van der Waals surface area contributed by atoms with Gasteiger partial charge in [0.25, 0.3) is 0 Å². The lowest BCUT2D eigenvalue weighted by Crippen LogP contribution is -1.93. The molecule has 0 aliphatic carbocycles. The van der Waals surface area contributed by atoms with E-state index < -0.39 is 0 Å². The Kier molecular flexibility index (Phi) is 2.88. The molecule has 3 rings (SSSR count). The second kappa shape index (κ2) is 4.69. The zero-order chi connectivity index (χ0) is 13.2. The summed E-state index contributed by atoms with van der Waals surface area (Å²) in [5, 5.41) is 1.03. The lowest BCUT2D eigenvalue weighted by atomic mass is 10.1. The predicted molar refractivity (Wildman–Crippen MR) is 73.7 cm³/mol. The first-order chi connectivity index (χ1) is 9.29. The molecule has 2 nitrogen and oxygen atoms in total. The summed E-state index contributed by atoms with van der Waals surface area (Å²) in [5.41, 5.74) is 1.81. The number of ether oxygens (including phenoxy) is 1. The van der Waals surface area contributed by atoms with Gasteiger partial charge < -0.3 is 4.74 Å². The fourth-order valence-corrected chi connectivity index (χ4v) is 2.13. The third-order valence-corrected chi connectivity index (χ3v) is 3.05. The van der Waals surface area contributed by atoms with Crippen molar-refractivity contribution in [1.29, 1.82) is 0 Å². The van der Waals surface area contributed by atoms with Crippen LogP contribution < -0.4 is 4.74 Å². The monoisotopic (exact) mass is 253 g/mol. The molecule has 0 aliphatic heterocycles. The Labute approximate surface area is 110 Å². The van der Waals surface area contributed by atoms with E-state index in [1.807, 2.05) is 36.4 Å². The highest BCUT2D eigenvalue weighted by Gasteiger charge is 2.12. The molecule has 0 radical (unpaired) electrons. The van der Waals surface area contributed by atoms with Crippen LogP contribution in [0, 0.1) is 5.82 Å². The second-order valence-corrected chi connectivity index (χ2v) is 4.21. The van der Waals surface area contributed by atoms with Gasteiger partial charge in [-0.1, -0.05) is 30.3 Å². The summed E-state index contributed by atoms with van der Waals surface area (Å²) < 4.78 is 19.2. The first-order valence-electron chi connectivity index (χ1n) is 5.98. The molecular weight excluding hydrogens is 241 g/mol. The number of para-hydroxylation sites is 1. The van der Waals surface area contributed by atoms with Crippen LogP contribution in [0.2, 0.25) is 0 Å². The summed E-state index contributed by atoms with van der Waals surface area (Å²) in [6, 6.07) is 16.3. The van der Waals surface area contributed by atoms with Crippen LogP contribution >= 0.6 is 0 Å². The third kappa shape index (κ3) is 2.03. The van der Waals surface area contributed by atoms with E-state index in [4.69, 9.17) is 4.74 Å². The molecule has 0 bridgehead atoms. The normalized spacial score (nSPS) is 10.6. The minimum Gasteiger partial charge on any atom is -0.496 e. The van der Waals surface area contributed by atoms with Crippen molar-refractivity contribution in [2.24, 2.45) is 0 Å². The molecule has 19 heavy (non-hydrogen) atoms. The second-order valence-electron chi connectivity index (χ2n) is 4.21. The van der Waals surface area contributed by atoms with Crippen LogP contribution in [-0.4, -0.2) is 12.1 Å². The van der Waals surface area contributed by atoms with Crippen molar-refractivity contribution in [1.82, 2.24) is 4.98 Å². The largest absolute Gasteiger partial charge is 0.496 e. The van der Waals surface area contributed by atoms with Crippen LogP contribution in [0.3, 0.4) is 0 Å². The van der Waals surface area contributed by atoms with E-state index in [0.717, 1.165) is 10.9 Å². The Balaban J connectivity index is 2.24. The van der Waals surface area contributed by atoms with Crippen molar-refractivity contribution in [2.45, 2.75) is 0 Å². The van der Waals surface area contributed by atoms with E-state index in [2.05, 4.69) is 4.98 Å². The summed E-state index contributed by atoms with van der Waals surface area (Å²) in [5.74, 6) is 0.157. The van der Waals surface area contributed by atoms with Gasteiger partial charge in [0.05, 0.1) is 23.9 Å². The van der Waals surface area contributed by atoms with E-state index >= 15 is 0 Å². The van der Waals surface area contributed by atoms with Gasteiger partial charge in [0.15, 0.2) is 0 Å². The van der Waals surface area contributed by atoms with Crippen molar-refractivity contribution in [2.75, 3.05) is 7.11 Å². The lowest BCUT2D eigenvalue weighted by molar-refractivity contribution is 0.413. The first-order valence-corrected chi connectivity index (χ1v) is 5.98. The molecule has 1 heterocycles. The molecule has 94 valence electrons. The first kappa shape index (κ1) is 11.7. The van der Waals surface area contributed by atoms with Crippen LogP contribution in [0.4, 0.5) is 4.39 Å². The Morgan fingerprint density at radius 3 is 2.63 bits per heavy atom. The van der Waals surface area contributed by atoms with E-state index in [1.165, 1.54) is 13.2 Å². The van der Waals surface area contributed by atoms with E-state index in [1.54, 1.807) is 12.1 Å². The summed E-state index contributed by atoms with van der Waals surface area (Å²) in [6.07, 6.45) is 0. The average molecular weight is 253 g/mol. The Morgan fingerprint density at radius 2 is 1.79 bits per heavy atom. The fourth-order valence-electron chi connectivity index (χ4n) is 2.13. The Hall–Kier alpha value is -2.42. The van der Waals surface area contributed by atoms with Crippen LogP contribution in [0.5, 0.6) is 5.75 Å². The van der Waals surface area contributed by atoms with E-state index in [9.17, 15) is 4.39 Å². The molecule has 0 fully saturated rings. The minimum absolute atomic E-state index is 0.331. The third-order valence-electron chi connectivity index (χ3n) is 3.05. The van der Waals surface area contributed by atoms with Gasteiger partial charge in [-0.05, 0) is 24.3 Å². The van der Waals surface area contributed by atoms with Gasteiger partial charge in [-0.3, -0.25) is 0 Å². The summed E-state index contributed by atoms with van der Waals surface area (Å²) in [7, 11) is 1.53. The number of rotatable bonds is 2. The smallest absolute Gasteiger partial charge is 0.136 e. The van der Waals surface area contributed by atoms with Crippen molar-refractivity contribution >= 4 is 10.9 Å². The van der Waals surface area contributed by atoms with Crippen LogP contribution in [0.25, 0.3) is 22.2 Å². The Morgan fingerprint density at radius 1 is 0.947 bits per heavy atom. The van der Waals surface area contributed by atoms with Gasteiger partial charge in [0.2, 0.25) is 0 Å². The molecule has 1 aromatic heterocycles. The zero-order valence-corrected chi connectivity index (χ0v) is 10.4. The highest BCUT2D eigenvalue weighted by atomic mass is 19.1. The maximum Gasteiger partial charge on any atom is 0.136 e. The van der Waals surface area contributed by atoms with Gasteiger partial charge in [-0.2, -0.15) is 0 Å². The molecule has 0 amide bonds. The zero-order valence-electron chi connectivity index (χ0n) is 10.4. The van der Waals surface area contributed by atoms with Gasteiger partial charge in [0.1, 0.15) is 11.6 Å². The van der Waals surface area contributed by atoms with Crippen molar-refractivity contribution < 1.29 is 9.13 Å². The summed E-state index contributed by atoms with van der Waals surface area (Å²) in [6.45, 7) is 0. The number of halogens is 1. The number of hydrogen-bond donors (Lipinski definition) is 0. The molecule has 2 aromatic carbocycles. The van der Waals surface area contributed by atoms with Crippen molar-refractivity contribution in [3.8, 4) is 17.0 Å². The molecule has 0 aliphatic rings. The molecule has 0 saturated heterocycles. The van der Waals surface area contributed by atoms with Crippen LogP contribution in [0.15, 0.2) is 54.6 Å². The highest BCUT2D eigenvalue weighted by molar-refractivity contribution is 5.82. The van der Waals surface area contributed by atoms with Gasteiger partial charge in [0, 0.05) is 5.39 Å². The Bertz CT molecular complexity index is 740. The SMILES string of the molecule is COc1cccc(F)c1-c1ccc2ccccc2n1. The number of aromatic nitrogens is 1. The number of pyridine rings is 1. The number of methoxy groups -OCH3 is 1. The molecule has 3 aromatic rings. The predicted octanol–water partition coefficient (Wildman–Crippen LogP) is 4.05. The van der Waals surface area contributed by atoms with Gasteiger partial charge in [-0.25, -0.2) is 9.37 Å². The van der Waals surface area contributed by atoms with Gasteiger partial charge in [-0.15, -0.1) is 0 Å². The van der Waals surface area contributed by atoms with E-state index in [0.29, 0.717) is 17.0 Å². The molecule has 0 atom stereocenters. The maximum atomic E-state index is 14.0. The molecule has 0 N–H and O–H groups in total. The standard InChI is InChI=1S/C16H12FNO/c1-19-15-8-4-6-12(17)16(15)14-10-9-11-5-2-3-7-13(11)18-14/h2-10H,1H3. The maximum absolute atomic E-state index is 14.0. The topological polar surface area (TPSA) is 22.1 Å². The van der Waals surface area contributed by atoms with E-state index in [-0.39, 0.29) is 5.82 Å². The molecule has 0 saturated carbocycles. The van der Waals surface area contributed by atoms with Crippen molar-refractivity contribution in [3.63, 3.8) is 0 Å². The van der Waals surface area contributed by atoms with Gasteiger partial charge >= 0.3 is 0 Å². The highest BCUT2D eigenvalue weighted by Crippen LogP contribution is 2.32. The molecule has 0 spiro atoms. The number of nitrogens with zero attached hydrogens (tertiary/aromatic N) is 1. The average Bonchev–Trinajstić information content (AvgIpc) is 2.46. The summed E-state index contributed by atoms with van der Waals surface area (Å²) in [4.78, 5) is 4.49. The quantitative estimate of drug-likeness (QED) is 0.687. The minimum atomic E-state index is -0.331. The fraction of sp³-hybridized carbons (Fsp3) is 0.0625. The molecule has 0 unspecified atom stereocenters. The molecular formula is C16H12FNO. The number of fused-ring (bicyclic) bond motifs is 1. The van der Waals surface area contributed by atoms with Crippen LogP contribution in [0.1, 0.15) is 0 Å². The number of benzene rings is 2. The lowest BCUT2D eigenvalue weighted by Gasteiger charge is -2.09. The molecule has 3 heteroatoms. The van der Waals surface area contributed by atoms with Crippen molar-refractivity contribution in [3.05, 3.63) is 60.4 Å². The van der Waals surface area contributed by atoms with Crippen LogP contribution in [-0.2, 0) is 0 Å². The number of hydrogen-bond acceptors (Lipinski definition) is 2.